The van der Waals surface area contributed by atoms with Gasteiger partial charge in [-0.3, -0.25) is 9.58 Å². The van der Waals surface area contributed by atoms with Crippen molar-refractivity contribution in [2.45, 2.75) is 38.5 Å². The third-order valence-corrected chi connectivity index (χ3v) is 8.46. The Bertz CT molecular complexity index is 1830. The van der Waals surface area contributed by atoms with E-state index in [1.54, 1.807) is 6.07 Å². The Kier molecular flexibility index (Phi) is 7.28. The van der Waals surface area contributed by atoms with Crippen molar-refractivity contribution in [3.05, 3.63) is 95.3 Å². The first-order valence-electron chi connectivity index (χ1n) is 14.7. The van der Waals surface area contributed by atoms with Crippen molar-refractivity contribution >= 4 is 27.9 Å². The Morgan fingerprint density at radius 3 is 2.67 bits per heavy atom. The quantitative estimate of drug-likeness (QED) is 0.226. The lowest BCUT2D eigenvalue weighted by Crippen LogP contribution is -2.33. The van der Waals surface area contributed by atoms with Crippen LogP contribution in [0, 0.1) is 0 Å². The van der Waals surface area contributed by atoms with Gasteiger partial charge < -0.3 is 18.8 Å². The molecular weight excluding hydrogens is 544 g/mol. The molecule has 0 unspecified atom stereocenters. The van der Waals surface area contributed by atoms with Crippen LogP contribution in [0.25, 0.3) is 21.9 Å². The topological polar surface area (TPSA) is 96.5 Å². The van der Waals surface area contributed by atoms with Crippen molar-refractivity contribution in [3.63, 3.8) is 0 Å². The molecule has 2 aliphatic rings. The molecular formula is C33H34N6O4. The molecule has 10 heteroatoms. The molecule has 1 saturated heterocycles. The SMILES string of the molecule is COC(=O)c1ccc2nc(CN3CCC(c4cccc(OCc5ccc6cnn(C)c6c5)n4)CC3)n(CC3=CCO3)c2c1. The number of pyridine rings is 1. The van der Waals surface area contributed by atoms with Crippen molar-refractivity contribution in [1.29, 1.82) is 0 Å². The van der Waals surface area contributed by atoms with Gasteiger partial charge in [0.1, 0.15) is 24.8 Å². The first kappa shape index (κ1) is 27.2. The van der Waals surface area contributed by atoms with Crippen LogP contribution in [-0.4, -0.2) is 62.0 Å². The van der Waals surface area contributed by atoms with Crippen molar-refractivity contribution in [1.82, 2.24) is 29.2 Å². The molecule has 0 spiro atoms. The number of piperidine rings is 1. The fourth-order valence-corrected chi connectivity index (χ4v) is 5.94. The van der Waals surface area contributed by atoms with Crippen LogP contribution in [-0.2, 0) is 36.2 Å². The Balaban J connectivity index is 1.01. The van der Waals surface area contributed by atoms with Gasteiger partial charge in [0.05, 0.1) is 48.5 Å². The van der Waals surface area contributed by atoms with Crippen LogP contribution in [0.15, 0.2) is 72.6 Å². The highest BCUT2D eigenvalue weighted by atomic mass is 16.5. The van der Waals surface area contributed by atoms with Crippen LogP contribution in [0.3, 0.4) is 0 Å². The zero-order valence-corrected chi connectivity index (χ0v) is 24.4. The number of hydrogen-bond donors (Lipinski definition) is 0. The molecule has 0 saturated carbocycles. The Morgan fingerprint density at radius 1 is 1.02 bits per heavy atom. The van der Waals surface area contributed by atoms with Gasteiger partial charge in [0, 0.05) is 30.1 Å². The Hall–Kier alpha value is -4.70. The second-order valence-electron chi connectivity index (χ2n) is 11.2. The summed E-state index contributed by atoms with van der Waals surface area (Å²) in [6, 6.07) is 17.9. The first-order chi connectivity index (χ1) is 21.0. The van der Waals surface area contributed by atoms with E-state index < -0.39 is 0 Å². The number of likely N-dealkylation sites (tertiary alicyclic amines) is 1. The summed E-state index contributed by atoms with van der Waals surface area (Å²) in [6.45, 7) is 4.30. The molecule has 0 bridgehead atoms. The van der Waals surface area contributed by atoms with E-state index in [0.717, 1.165) is 77.3 Å². The number of rotatable bonds is 9. The minimum absolute atomic E-state index is 0.355. The number of benzene rings is 2. The largest absolute Gasteiger partial charge is 0.492 e. The molecule has 5 aromatic rings. The number of carbonyl (C=O) groups excluding carboxylic acids is 1. The number of fused-ring (bicyclic) bond motifs is 2. The summed E-state index contributed by atoms with van der Waals surface area (Å²) in [6.07, 6.45) is 5.97. The summed E-state index contributed by atoms with van der Waals surface area (Å²) in [7, 11) is 3.35. The van der Waals surface area contributed by atoms with E-state index in [4.69, 9.17) is 24.2 Å². The zero-order chi connectivity index (χ0) is 29.3. The van der Waals surface area contributed by atoms with Crippen LogP contribution < -0.4 is 4.74 Å². The zero-order valence-electron chi connectivity index (χ0n) is 24.4. The smallest absolute Gasteiger partial charge is 0.337 e. The number of carbonyl (C=O) groups is 1. The number of nitrogens with zero attached hydrogens (tertiary/aromatic N) is 6. The molecule has 5 heterocycles. The lowest BCUT2D eigenvalue weighted by atomic mass is 9.93. The van der Waals surface area contributed by atoms with Gasteiger partial charge in [-0.25, -0.2) is 14.8 Å². The number of esters is 1. The highest BCUT2D eigenvalue weighted by Gasteiger charge is 2.25. The van der Waals surface area contributed by atoms with E-state index in [1.165, 1.54) is 7.11 Å². The molecule has 7 rings (SSSR count). The molecule has 3 aromatic heterocycles. The second kappa shape index (κ2) is 11.5. The van der Waals surface area contributed by atoms with Gasteiger partial charge in [-0.15, -0.1) is 0 Å². The molecule has 0 N–H and O–H groups in total. The molecule has 220 valence electrons. The lowest BCUT2D eigenvalue weighted by Gasteiger charge is -2.31. The van der Waals surface area contributed by atoms with Gasteiger partial charge in [0.25, 0.3) is 0 Å². The summed E-state index contributed by atoms with van der Waals surface area (Å²) in [5, 5.41) is 5.44. The Morgan fingerprint density at radius 2 is 1.88 bits per heavy atom. The van der Waals surface area contributed by atoms with Crippen LogP contribution in [0.4, 0.5) is 0 Å². The maximum atomic E-state index is 12.2. The number of aryl methyl sites for hydroxylation is 1. The molecule has 0 atom stereocenters. The standard InChI is InChI=1S/C33H34N6O4/c1-37-29-16-22(6-7-25(29)18-34-37)21-43-32-5-3-4-27(36-32)23-10-13-38(14-11-23)20-31-35-28-9-8-24(33(40)41-2)17-30(28)39(31)19-26-12-15-42-26/h3-9,12,16-18,23H,10-11,13-15,19-21H2,1-2H3. The van der Waals surface area contributed by atoms with E-state index in [9.17, 15) is 4.79 Å². The minimum atomic E-state index is -0.355. The van der Waals surface area contributed by atoms with Crippen LogP contribution >= 0.6 is 0 Å². The van der Waals surface area contributed by atoms with Gasteiger partial charge in [0.15, 0.2) is 0 Å². The number of allylic oxidation sites excluding steroid dienone is 1. The molecule has 0 aliphatic carbocycles. The Labute approximate surface area is 249 Å². The average Bonchev–Trinajstić information content (AvgIpc) is 3.56. The van der Waals surface area contributed by atoms with Crippen molar-refractivity contribution in [2.75, 3.05) is 26.8 Å². The number of aromatic nitrogens is 5. The highest BCUT2D eigenvalue weighted by Crippen LogP contribution is 2.30. The normalized spacial score (nSPS) is 15.7. The summed E-state index contributed by atoms with van der Waals surface area (Å²) >= 11 is 0. The van der Waals surface area contributed by atoms with Crippen molar-refractivity contribution in [2.24, 2.45) is 7.05 Å². The summed E-state index contributed by atoms with van der Waals surface area (Å²) in [5.41, 5.74) is 5.54. The van der Waals surface area contributed by atoms with Gasteiger partial charge in [-0.05, 0) is 67.9 Å². The fourth-order valence-electron chi connectivity index (χ4n) is 5.94. The van der Waals surface area contributed by atoms with Gasteiger partial charge in [0.2, 0.25) is 5.88 Å². The van der Waals surface area contributed by atoms with Crippen molar-refractivity contribution < 1.29 is 19.0 Å². The van der Waals surface area contributed by atoms with E-state index >= 15 is 0 Å². The van der Waals surface area contributed by atoms with E-state index in [0.29, 0.717) is 37.1 Å². The summed E-state index contributed by atoms with van der Waals surface area (Å²) in [5.74, 6) is 2.56. The number of hydrogen-bond acceptors (Lipinski definition) is 8. The number of imidazole rings is 1. The van der Waals surface area contributed by atoms with Gasteiger partial charge in [-0.2, -0.15) is 5.10 Å². The number of methoxy groups -OCH3 is 1. The fraction of sp³-hybridized carbons (Fsp3) is 0.333. The van der Waals surface area contributed by atoms with Crippen LogP contribution in [0.1, 0.15) is 46.2 Å². The molecule has 10 nitrogen and oxygen atoms in total. The van der Waals surface area contributed by atoms with E-state index in [2.05, 4.69) is 44.9 Å². The van der Waals surface area contributed by atoms with E-state index in [-0.39, 0.29) is 5.97 Å². The minimum Gasteiger partial charge on any atom is -0.492 e. The maximum Gasteiger partial charge on any atom is 0.337 e. The van der Waals surface area contributed by atoms with Crippen LogP contribution in [0.2, 0.25) is 0 Å². The maximum absolute atomic E-state index is 12.2. The predicted octanol–water partition coefficient (Wildman–Crippen LogP) is 4.98. The third kappa shape index (κ3) is 5.58. The average molecular weight is 579 g/mol. The lowest BCUT2D eigenvalue weighted by molar-refractivity contribution is 0.0601. The van der Waals surface area contributed by atoms with Crippen LogP contribution in [0.5, 0.6) is 5.88 Å². The predicted molar refractivity (Wildman–Crippen MR) is 162 cm³/mol. The first-order valence-corrected chi connectivity index (χ1v) is 14.7. The molecule has 2 aliphatic heterocycles. The summed E-state index contributed by atoms with van der Waals surface area (Å²) < 4.78 is 20.7. The van der Waals surface area contributed by atoms with Gasteiger partial charge >= 0.3 is 5.97 Å². The molecule has 2 aromatic carbocycles. The van der Waals surface area contributed by atoms with Crippen molar-refractivity contribution in [3.8, 4) is 5.88 Å². The van der Waals surface area contributed by atoms with Gasteiger partial charge in [-0.1, -0.05) is 18.2 Å². The molecule has 0 amide bonds. The summed E-state index contributed by atoms with van der Waals surface area (Å²) in [4.78, 5) is 24.5. The second-order valence-corrected chi connectivity index (χ2v) is 11.2. The molecule has 1 fully saturated rings. The van der Waals surface area contributed by atoms with E-state index in [1.807, 2.05) is 42.2 Å². The molecule has 43 heavy (non-hydrogen) atoms. The molecule has 0 radical (unpaired) electrons. The highest BCUT2D eigenvalue weighted by molar-refractivity contribution is 5.93. The number of ether oxygens (including phenoxy) is 3. The third-order valence-electron chi connectivity index (χ3n) is 8.46. The monoisotopic (exact) mass is 578 g/mol.